The fraction of sp³-hybridized carbons (Fsp3) is 0.417. The van der Waals surface area contributed by atoms with Gasteiger partial charge in [0.15, 0.2) is 0 Å². The van der Waals surface area contributed by atoms with Gasteiger partial charge in [-0.15, -0.1) is 0 Å². The summed E-state index contributed by atoms with van der Waals surface area (Å²) in [5.41, 5.74) is 0.697. The third-order valence-corrected chi connectivity index (χ3v) is 3.88. The number of methoxy groups -OCH3 is 2. The molecule has 0 heterocycles. The number of esters is 1. The van der Waals surface area contributed by atoms with Gasteiger partial charge in [-0.2, -0.15) is 0 Å². The number of carbonyl (C=O) groups is 1. The van der Waals surface area contributed by atoms with E-state index in [0.29, 0.717) is 12.2 Å². The van der Waals surface area contributed by atoms with Gasteiger partial charge in [0.1, 0.15) is 0 Å². The number of rotatable bonds is 7. The summed E-state index contributed by atoms with van der Waals surface area (Å²) in [6.07, 6.45) is 0.119. The Morgan fingerprint density at radius 1 is 1.21 bits per heavy atom. The molecular formula is C12H17NO5S. The molecule has 0 aliphatic rings. The van der Waals surface area contributed by atoms with Crippen LogP contribution in [0, 0.1) is 0 Å². The highest BCUT2D eigenvalue weighted by Crippen LogP contribution is 2.11. The molecule has 7 heteroatoms. The summed E-state index contributed by atoms with van der Waals surface area (Å²) >= 11 is 0. The Kier molecular flexibility index (Phi) is 5.94. The zero-order valence-corrected chi connectivity index (χ0v) is 11.7. The summed E-state index contributed by atoms with van der Waals surface area (Å²) in [6.45, 7) is 0.516. The van der Waals surface area contributed by atoms with Crippen LogP contribution in [-0.4, -0.2) is 41.8 Å². The molecule has 0 bridgehead atoms. The third kappa shape index (κ3) is 4.98. The van der Waals surface area contributed by atoms with Crippen molar-refractivity contribution in [2.75, 3.05) is 27.4 Å². The number of benzene rings is 1. The molecule has 0 saturated heterocycles. The van der Waals surface area contributed by atoms with E-state index in [4.69, 9.17) is 4.74 Å². The molecule has 19 heavy (non-hydrogen) atoms. The Morgan fingerprint density at radius 3 is 2.37 bits per heavy atom. The van der Waals surface area contributed by atoms with Crippen LogP contribution in [0.2, 0.25) is 0 Å². The molecule has 1 N–H and O–H groups in total. The standard InChI is InChI=1S/C12H17NO5S/c1-17-8-7-13-19(15,16)11-5-3-10(4-6-11)9-12(14)18-2/h3-6,13H,7-9H2,1-2H3. The van der Waals surface area contributed by atoms with E-state index in [0.717, 1.165) is 0 Å². The monoisotopic (exact) mass is 287 g/mol. The first-order chi connectivity index (χ1) is 8.99. The van der Waals surface area contributed by atoms with Gasteiger partial charge < -0.3 is 9.47 Å². The number of nitrogens with one attached hydrogen (secondary N) is 1. The Balaban J connectivity index is 2.72. The molecule has 106 valence electrons. The second-order valence-corrected chi connectivity index (χ2v) is 5.55. The van der Waals surface area contributed by atoms with Crippen molar-refractivity contribution in [2.45, 2.75) is 11.3 Å². The lowest BCUT2D eigenvalue weighted by atomic mass is 10.2. The van der Waals surface area contributed by atoms with E-state index in [1.807, 2.05) is 0 Å². The van der Waals surface area contributed by atoms with Crippen LogP contribution in [0.25, 0.3) is 0 Å². The highest BCUT2D eigenvalue weighted by Gasteiger charge is 2.13. The summed E-state index contributed by atoms with van der Waals surface area (Å²) in [7, 11) is -0.727. The van der Waals surface area contributed by atoms with Crippen molar-refractivity contribution in [3.63, 3.8) is 0 Å². The van der Waals surface area contributed by atoms with Crippen LogP contribution in [0.5, 0.6) is 0 Å². The molecule has 0 radical (unpaired) electrons. The lowest BCUT2D eigenvalue weighted by molar-refractivity contribution is -0.139. The third-order valence-electron chi connectivity index (χ3n) is 2.41. The highest BCUT2D eigenvalue weighted by atomic mass is 32.2. The zero-order valence-electron chi connectivity index (χ0n) is 10.9. The number of hydrogen-bond acceptors (Lipinski definition) is 5. The predicted octanol–water partition coefficient (Wildman–Crippen LogP) is 0.327. The summed E-state index contributed by atoms with van der Waals surface area (Å²) in [5, 5.41) is 0. The zero-order chi connectivity index (χ0) is 14.3. The molecule has 0 saturated carbocycles. The van der Waals surface area contributed by atoms with Crippen molar-refractivity contribution in [1.29, 1.82) is 0 Å². The predicted molar refractivity (Wildman–Crippen MR) is 69.2 cm³/mol. The minimum absolute atomic E-state index is 0.119. The van der Waals surface area contributed by atoms with E-state index in [2.05, 4.69) is 9.46 Å². The topological polar surface area (TPSA) is 81.7 Å². The van der Waals surface area contributed by atoms with Gasteiger partial charge in [0.25, 0.3) is 0 Å². The maximum absolute atomic E-state index is 11.8. The maximum atomic E-state index is 11.8. The molecule has 0 spiro atoms. The van der Waals surface area contributed by atoms with Gasteiger partial charge in [-0.3, -0.25) is 4.79 Å². The van der Waals surface area contributed by atoms with Crippen molar-refractivity contribution < 1.29 is 22.7 Å². The molecule has 1 aromatic carbocycles. The average Bonchev–Trinajstić information content (AvgIpc) is 2.39. The van der Waals surface area contributed by atoms with Gasteiger partial charge in [0, 0.05) is 13.7 Å². The summed E-state index contributed by atoms with van der Waals surface area (Å²) in [6, 6.07) is 6.07. The fourth-order valence-corrected chi connectivity index (χ4v) is 2.40. The molecule has 0 atom stereocenters. The lowest BCUT2D eigenvalue weighted by Crippen LogP contribution is -2.27. The smallest absolute Gasteiger partial charge is 0.309 e. The van der Waals surface area contributed by atoms with Gasteiger partial charge in [-0.25, -0.2) is 13.1 Å². The average molecular weight is 287 g/mol. The van der Waals surface area contributed by atoms with Crippen LogP contribution in [0.1, 0.15) is 5.56 Å². The van der Waals surface area contributed by atoms with E-state index in [1.165, 1.54) is 26.4 Å². The molecule has 0 aromatic heterocycles. The van der Waals surface area contributed by atoms with Crippen LogP contribution in [0.4, 0.5) is 0 Å². The van der Waals surface area contributed by atoms with Crippen molar-refractivity contribution in [3.8, 4) is 0 Å². The molecule has 0 aliphatic heterocycles. The van der Waals surface area contributed by atoms with Crippen LogP contribution in [-0.2, 0) is 30.7 Å². The van der Waals surface area contributed by atoms with Crippen LogP contribution in [0.3, 0.4) is 0 Å². The lowest BCUT2D eigenvalue weighted by Gasteiger charge is -2.07. The Bertz CT molecular complexity index is 509. The molecule has 1 aromatic rings. The molecule has 0 fully saturated rings. The first-order valence-electron chi connectivity index (χ1n) is 5.64. The van der Waals surface area contributed by atoms with Crippen molar-refractivity contribution in [3.05, 3.63) is 29.8 Å². The molecule has 0 amide bonds. The first kappa shape index (κ1) is 15.6. The van der Waals surface area contributed by atoms with E-state index < -0.39 is 10.0 Å². The largest absolute Gasteiger partial charge is 0.469 e. The van der Waals surface area contributed by atoms with E-state index in [9.17, 15) is 13.2 Å². The van der Waals surface area contributed by atoms with E-state index >= 15 is 0 Å². The highest BCUT2D eigenvalue weighted by molar-refractivity contribution is 7.89. The molecule has 6 nitrogen and oxygen atoms in total. The normalized spacial score (nSPS) is 11.3. The van der Waals surface area contributed by atoms with Gasteiger partial charge in [-0.1, -0.05) is 12.1 Å². The SMILES string of the molecule is COCCNS(=O)(=O)c1ccc(CC(=O)OC)cc1. The van der Waals surface area contributed by atoms with Crippen LogP contribution >= 0.6 is 0 Å². The molecular weight excluding hydrogens is 270 g/mol. The number of carbonyl (C=O) groups excluding carboxylic acids is 1. The van der Waals surface area contributed by atoms with Crippen LogP contribution in [0.15, 0.2) is 29.2 Å². The van der Waals surface area contributed by atoms with Gasteiger partial charge in [0.2, 0.25) is 10.0 Å². The minimum Gasteiger partial charge on any atom is -0.469 e. The molecule has 0 aliphatic carbocycles. The summed E-state index contributed by atoms with van der Waals surface area (Å²) < 4.78 is 35.4. The summed E-state index contributed by atoms with van der Waals surface area (Å²) in [4.78, 5) is 11.2. The number of ether oxygens (including phenoxy) is 2. The van der Waals surface area contributed by atoms with Gasteiger partial charge in [-0.05, 0) is 17.7 Å². The Labute approximate surface area is 112 Å². The molecule has 0 unspecified atom stereocenters. The molecule has 1 rings (SSSR count). The quantitative estimate of drug-likeness (QED) is 0.577. The summed E-state index contributed by atoms with van der Waals surface area (Å²) in [5.74, 6) is -0.367. The Morgan fingerprint density at radius 2 is 1.84 bits per heavy atom. The van der Waals surface area contributed by atoms with E-state index in [-0.39, 0.29) is 23.8 Å². The second-order valence-electron chi connectivity index (χ2n) is 3.79. The van der Waals surface area contributed by atoms with Crippen molar-refractivity contribution in [1.82, 2.24) is 4.72 Å². The Hall–Kier alpha value is -1.44. The van der Waals surface area contributed by atoms with Gasteiger partial charge in [0.05, 0.1) is 25.0 Å². The maximum Gasteiger partial charge on any atom is 0.309 e. The number of sulfonamides is 1. The van der Waals surface area contributed by atoms with Crippen molar-refractivity contribution >= 4 is 16.0 Å². The van der Waals surface area contributed by atoms with Crippen molar-refractivity contribution in [2.24, 2.45) is 0 Å². The van der Waals surface area contributed by atoms with Gasteiger partial charge >= 0.3 is 5.97 Å². The van der Waals surface area contributed by atoms with E-state index in [1.54, 1.807) is 12.1 Å². The fourth-order valence-electron chi connectivity index (χ4n) is 1.39. The van der Waals surface area contributed by atoms with Crippen LogP contribution < -0.4 is 4.72 Å². The first-order valence-corrected chi connectivity index (χ1v) is 7.12. The minimum atomic E-state index is -3.53. The number of hydrogen-bond donors (Lipinski definition) is 1. The second kappa shape index (κ2) is 7.22.